The summed E-state index contributed by atoms with van der Waals surface area (Å²) in [6.45, 7) is 3.27. The molecule has 1 aliphatic carbocycles. The van der Waals surface area contributed by atoms with Crippen LogP contribution in [0.4, 0.5) is 0 Å². The summed E-state index contributed by atoms with van der Waals surface area (Å²) in [5.41, 5.74) is 0. The highest BCUT2D eigenvalue weighted by Crippen LogP contribution is 2.47. The number of phosphoric acid groups is 1. The zero-order valence-corrected chi connectivity index (χ0v) is 40.0. The van der Waals surface area contributed by atoms with Crippen LogP contribution in [0.5, 0.6) is 0 Å². The molecule has 0 aromatic heterocycles. The maximum absolute atomic E-state index is 12.8. The van der Waals surface area contributed by atoms with Gasteiger partial charge in [-0.1, -0.05) is 159 Å². The average Bonchev–Trinajstić information content (AvgIpc) is 3.26. The molecule has 6 unspecified atom stereocenters. The van der Waals surface area contributed by atoms with E-state index in [2.05, 4.69) is 50.3 Å². The van der Waals surface area contributed by atoms with Crippen molar-refractivity contribution in [2.45, 2.75) is 249 Å². The first-order chi connectivity index (χ1) is 30.4. The summed E-state index contributed by atoms with van der Waals surface area (Å²) in [6.07, 6.45) is 32.0. The Hall–Kier alpha value is -1.93. The van der Waals surface area contributed by atoms with E-state index >= 15 is 0 Å². The van der Waals surface area contributed by atoms with Crippen molar-refractivity contribution in [3.63, 3.8) is 0 Å². The van der Waals surface area contributed by atoms with Gasteiger partial charge in [-0.3, -0.25) is 18.6 Å². The number of ether oxygens (including phenoxy) is 2. The second kappa shape index (κ2) is 39.3. The molecule has 6 N–H and O–H groups in total. The number of allylic oxidation sites excluding steroid dienone is 6. The highest BCUT2D eigenvalue weighted by Gasteiger charge is 2.51. The van der Waals surface area contributed by atoms with Gasteiger partial charge in [0, 0.05) is 12.8 Å². The van der Waals surface area contributed by atoms with Crippen LogP contribution in [0, 0.1) is 0 Å². The van der Waals surface area contributed by atoms with Crippen molar-refractivity contribution in [2.24, 2.45) is 0 Å². The third-order valence-electron chi connectivity index (χ3n) is 11.5. The van der Waals surface area contributed by atoms with Gasteiger partial charge in [-0.2, -0.15) is 0 Å². The zero-order chi connectivity index (χ0) is 46.4. The van der Waals surface area contributed by atoms with Crippen LogP contribution in [0.25, 0.3) is 0 Å². The standard InChI is InChI=1S/C49H89O13P/c1-3-5-7-9-11-13-15-17-19-20-21-22-24-25-27-29-31-33-35-37-42(50)59-39-41(40-60-63(57,58)62-49-47(55)45(53)44(52)46(54)48(49)56)61-43(51)38-36-34-32-30-28-26-23-18-16-14-12-10-8-6-4-2/h17-19,23,28,30,41,44-49,52-56H,3-16,20-22,24-27,29,31-40H2,1-2H3,(H,57,58)/b19-17+,23-18+,30-28+/t41-,44?,45-,46?,47?,48?,49?/m0/s1. The third-order valence-corrected chi connectivity index (χ3v) is 12.4. The monoisotopic (exact) mass is 917 g/mol. The Morgan fingerprint density at radius 3 is 1.33 bits per heavy atom. The predicted octanol–water partition coefficient (Wildman–Crippen LogP) is 10.2. The number of hydrogen-bond acceptors (Lipinski definition) is 12. The maximum Gasteiger partial charge on any atom is 0.472 e. The van der Waals surface area contributed by atoms with Crippen molar-refractivity contribution in [1.29, 1.82) is 0 Å². The molecule has 8 atom stereocenters. The molecule has 0 radical (unpaired) electrons. The highest BCUT2D eigenvalue weighted by atomic mass is 31.2. The van der Waals surface area contributed by atoms with E-state index in [0.29, 0.717) is 12.8 Å². The number of phosphoric ester groups is 1. The largest absolute Gasteiger partial charge is 0.472 e. The number of hydrogen-bond donors (Lipinski definition) is 6. The molecule has 368 valence electrons. The first-order valence-corrected chi connectivity index (χ1v) is 26.3. The molecule has 0 aromatic carbocycles. The van der Waals surface area contributed by atoms with E-state index in [0.717, 1.165) is 51.4 Å². The van der Waals surface area contributed by atoms with Crippen molar-refractivity contribution in [3.8, 4) is 0 Å². The molecule has 13 nitrogen and oxygen atoms in total. The normalized spacial score (nSPS) is 22.0. The molecule has 0 spiro atoms. The third kappa shape index (κ3) is 31.6. The first kappa shape index (κ1) is 59.1. The summed E-state index contributed by atoms with van der Waals surface area (Å²) in [6, 6.07) is 0. The number of unbranched alkanes of at least 4 members (excludes halogenated alkanes) is 23. The minimum Gasteiger partial charge on any atom is -0.462 e. The molecule has 1 fully saturated rings. The molecule has 1 rings (SSSR count). The number of esters is 2. The smallest absolute Gasteiger partial charge is 0.462 e. The Balaban J connectivity index is 2.43. The molecular formula is C49H89O13P. The van der Waals surface area contributed by atoms with Gasteiger partial charge in [-0.25, -0.2) is 4.57 Å². The van der Waals surface area contributed by atoms with Crippen LogP contribution in [0.15, 0.2) is 36.5 Å². The van der Waals surface area contributed by atoms with Gasteiger partial charge in [0.1, 0.15) is 43.2 Å². The first-order valence-electron chi connectivity index (χ1n) is 24.8. The van der Waals surface area contributed by atoms with Gasteiger partial charge in [-0.15, -0.1) is 0 Å². The lowest BCUT2D eigenvalue weighted by atomic mass is 9.85. The SMILES string of the molecule is CCCCCCCC/C=C/C/C=C/CCCCC(=O)O[C@@H](COC(=O)CCCCCCCCCCC/C=C/CCCCCCCC)COP(=O)(O)OC1C(O)C(O)C(O)[C@H](O)C1O. The Kier molecular flexibility index (Phi) is 36.8. The predicted molar refractivity (Wildman–Crippen MR) is 249 cm³/mol. The molecule has 0 aliphatic heterocycles. The lowest BCUT2D eigenvalue weighted by Crippen LogP contribution is -2.64. The number of aliphatic hydroxyl groups excluding tert-OH is 5. The van der Waals surface area contributed by atoms with E-state index in [1.165, 1.54) is 116 Å². The van der Waals surface area contributed by atoms with Gasteiger partial charge in [-0.05, 0) is 70.6 Å². The lowest BCUT2D eigenvalue weighted by Gasteiger charge is -2.41. The van der Waals surface area contributed by atoms with Crippen LogP contribution in [-0.2, 0) is 32.7 Å². The second-order valence-corrected chi connectivity index (χ2v) is 18.7. The fourth-order valence-electron chi connectivity index (χ4n) is 7.43. The average molecular weight is 917 g/mol. The van der Waals surface area contributed by atoms with Gasteiger partial charge >= 0.3 is 19.8 Å². The summed E-state index contributed by atoms with van der Waals surface area (Å²) < 4.78 is 33.5. The van der Waals surface area contributed by atoms with Gasteiger partial charge in [0.05, 0.1) is 6.61 Å². The van der Waals surface area contributed by atoms with E-state index in [4.69, 9.17) is 18.5 Å². The van der Waals surface area contributed by atoms with E-state index in [9.17, 15) is 44.6 Å². The molecule has 0 aromatic rings. The van der Waals surface area contributed by atoms with Crippen LogP contribution in [0.2, 0.25) is 0 Å². The van der Waals surface area contributed by atoms with E-state index in [-0.39, 0.29) is 12.8 Å². The maximum atomic E-state index is 12.8. The van der Waals surface area contributed by atoms with Crippen LogP contribution >= 0.6 is 7.82 Å². The topological polar surface area (TPSA) is 210 Å². The molecule has 63 heavy (non-hydrogen) atoms. The number of aliphatic hydroxyl groups is 5. The molecule has 0 bridgehead atoms. The van der Waals surface area contributed by atoms with Crippen molar-refractivity contribution >= 4 is 19.8 Å². The molecular weight excluding hydrogens is 828 g/mol. The minimum atomic E-state index is -5.13. The fraction of sp³-hybridized carbons (Fsp3) is 0.837. The summed E-state index contributed by atoms with van der Waals surface area (Å²) in [5.74, 6) is -1.14. The van der Waals surface area contributed by atoms with Crippen LogP contribution in [0.3, 0.4) is 0 Å². The van der Waals surface area contributed by atoms with Crippen molar-refractivity contribution in [2.75, 3.05) is 13.2 Å². The summed E-state index contributed by atoms with van der Waals surface area (Å²) in [7, 11) is -5.13. The highest BCUT2D eigenvalue weighted by molar-refractivity contribution is 7.47. The summed E-state index contributed by atoms with van der Waals surface area (Å²) in [4.78, 5) is 35.7. The number of rotatable bonds is 41. The van der Waals surface area contributed by atoms with Gasteiger partial charge < -0.3 is 39.9 Å². The molecule has 0 saturated heterocycles. The lowest BCUT2D eigenvalue weighted by molar-refractivity contribution is -0.220. The van der Waals surface area contributed by atoms with Gasteiger partial charge in [0.25, 0.3) is 0 Å². The van der Waals surface area contributed by atoms with E-state index in [1.807, 2.05) is 0 Å². The Bertz CT molecular complexity index is 1240. The number of carbonyl (C=O) groups excluding carboxylic acids is 2. The van der Waals surface area contributed by atoms with Crippen LogP contribution < -0.4 is 0 Å². The van der Waals surface area contributed by atoms with E-state index < -0.39 is 75.7 Å². The van der Waals surface area contributed by atoms with Gasteiger partial charge in [0.2, 0.25) is 0 Å². The minimum absolute atomic E-state index is 0.0546. The van der Waals surface area contributed by atoms with Gasteiger partial charge in [0.15, 0.2) is 6.10 Å². The summed E-state index contributed by atoms with van der Waals surface area (Å²) >= 11 is 0. The molecule has 14 heteroatoms. The zero-order valence-electron chi connectivity index (χ0n) is 39.1. The Labute approximate surface area is 380 Å². The van der Waals surface area contributed by atoms with Crippen molar-refractivity contribution < 1.29 is 63.1 Å². The Morgan fingerprint density at radius 2 is 0.857 bits per heavy atom. The van der Waals surface area contributed by atoms with Crippen molar-refractivity contribution in [1.82, 2.24) is 0 Å². The van der Waals surface area contributed by atoms with Crippen molar-refractivity contribution in [3.05, 3.63) is 36.5 Å². The molecule has 0 amide bonds. The quantitative estimate of drug-likeness (QED) is 0.0146. The molecule has 1 saturated carbocycles. The Morgan fingerprint density at radius 1 is 0.492 bits per heavy atom. The second-order valence-electron chi connectivity index (χ2n) is 17.3. The summed E-state index contributed by atoms with van der Waals surface area (Å²) in [5, 5.41) is 50.2. The number of carbonyl (C=O) groups is 2. The van der Waals surface area contributed by atoms with Crippen LogP contribution in [-0.4, -0.2) is 98.3 Å². The van der Waals surface area contributed by atoms with Crippen LogP contribution in [0.1, 0.15) is 206 Å². The van der Waals surface area contributed by atoms with E-state index in [1.54, 1.807) is 0 Å². The fourth-order valence-corrected chi connectivity index (χ4v) is 8.40. The molecule has 0 heterocycles. The molecule has 1 aliphatic rings.